The molecule has 1 amide bonds. The molecule has 1 aliphatic rings. The normalized spacial score (nSPS) is 21.0. The van der Waals surface area contributed by atoms with Crippen LogP contribution in [0.5, 0.6) is 0 Å². The number of halogens is 1. The molecule has 2 N–H and O–H groups in total. The van der Waals surface area contributed by atoms with E-state index in [2.05, 4.69) is 5.32 Å². The van der Waals surface area contributed by atoms with E-state index in [1.54, 1.807) is 18.2 Å². The Morgan fingerprint density at radius 3 is 2.50 bits per heavy atom. The minimum Gasteiger partial charge on any atom is -0.393 e. The van der Waals surface area contributed by atoms with Crippen molar-refractivity contribution < 1.29 is 14.3 Å². The lowest BCUT2D eigenvalue weighted by molar-refractivity contribution is 0.0232. The van der Waals surface area contributed by atoms with E-state index in [9.17, 15) is 14.3 Å². The Labute approximate surface area is 141 Å². The number of hydrogen-bond acceptors (Lipinski definition) is 2. The van der Waals surface area contributed by atoms with Crippen molar-refractivity contribution in [3.8, 4) is 11.1 Å². The van der Waals surface area contributed by atoms with Crippen LogP contribution in [0.3, 0.4) is 0 Å². The molecule has 0 bridgehead atoms. The summed E-state index contributed by atoms with van der Waals surface area (Å²) in [6.45, 7) is 2.04. The topological polar surface area (TPSA) is 49.3 Å². The summed E-state index contributed by atoms with van der Waals surface area (Å²) in [6, 6.07) is 13.7. The van der Waals surface area contributed by atoms with Crippen LogP contribution in [-0.4, -0.2) is 23.2 Å². The fourth-order valence-corrected chi connectivity index (χ4v) is 3.27. The molecule has 2 aromatic carbocycles. The van der Waals surface area contributed by atoms with E-state index >= 15 is 0 Å². The Balaban J connectivity index is 1.74. The van der Waals surface area contributed by atoms with Gasteiger partial charge in [-0.3, -0.25) is 4.79 Å². The first-order valence-corrected chi connectivity index (χ1v) is 8.41. The van der Waals surface area contributed by atoms with Gasteiger partial charge in [-0.25, -0.2) is 4.39 Å². The van der Waals surface area contributed by atoms with Gasteiger partial charge in [0.2, 0.25) is 0 Å². The third-order valence-corrected chi connectivity index (χ3v) is 4.76. The summed E-state index contributed by atoms with van der Waals surface area (Å²) in [5.41, 5.74) is 2.13. The molecule has 0 heterocycles. The molecular weight excluding hydrogens is 305 g/mol. The SMILES string of the molecule is CC[C@@H](NC(=O)c1cccc(-c2cccc(F)c2)c1)C1CC(O)C1. The van der Waals surface area contributed by atoms with Gasteiger partial charge >= 0.3 is 0 Å². The van der Waals surface area contributed by atoms with E-state index in [0.29, 0.717) is 11.5 Å². The van der Waals surface area contributed by atoms with Crippen LogP contribution in [0.25, 0.3) is 11.1 Å². The molecule has 3 rings (SSSR count). The van der Waals surface area contributed by atoms with Gasteiger partial charge in [0.15, 0.2) is 0 Å². The number of benzene rings is 2. The molecule has 4 heteroatoms. The highest BCUT2D eigenvalue weighted by molar-refractivity contribution is 5.95. The molecule has 0 unspecified atom stereocenters. The fourth-order valence-electron chi connectivity index (χ4n) is 3.27. The van der Waals surface area contributed by atoms with Crippen molar-refractivity contribution in [1.29, 1.82) is 0 Å². The minimum absolute atomic E-state index is 0.0822. The molecule has 24 heavy (non-hydrogen) atoms. The summed E-state index contributed by atoms with van der Waals surface area (Å²) in [7, 11) is 0. The first-order chi connectivity index (χ1) is 11.6. The quantitative estimate of drug-likeness (QED) is 0.878. The summed E-state index contributed by atoms with van der Waals surface area (Å²) in [5.74, 6) is -0.0706. The van der Waals surface area contributed by atoms with Crippen molar-refractivity contribution in [2.24, 2.45) is 5.92 Å². The smallest absolute Gasteiger partial charge is 0.251 e. The molecule has 1 saturated carbocycles. The molecule has 1 aliphatic carbocycles. The summed E-state index contributed by atoms with van der Waals surface area (Å²) in [5, 5.41) is 12.5. The third kappa shape index (κ3) is 3.65. The van der Waals surface area contributed by atoms with Crippen LogP contribution in [0.4, 0.5) is 4.39 Å². The molecule has 1 fully saturated rings. The first-order valence-electron chi connectivity index (χ1n) is 8.41. The van der Waals surface area contributed by atoms with Gasteiger partial charge < -0.3 is 10.4 Å². The Morgan fingerprint density at radius 1 is 1.21 bits per heavy atom. The van der Waals surface area contributed by atoms with Crippen molar-refractivity contribution in [2.75, 3.05) is 0 Å². The van der Waals surface area contributed by atoms with Gasteiger partial charge in [0.05, 0.1) is 6.10 Å². The second kappa shape index (κ2) is 7.14. The molecule has 0 aromatic heterocycles. The molecule has 0 aliphatic heterocycles. The Kier molecular flexibility index (Phi) is 4.95. The van der Waals surface area contributed by atoms with Crippen LogP contribution >= 0.6 is 0 Å². The number of hydrogen-bond donors (Lipinski definition) is 2. The lowest BCUT2D eigenvalue weighted by Gasteiger charge is -2.37. The number of nitrogens with one attached hydrogen (secondary N) is 1. The zero-order chi connectivity index (χ0) is 17.1. The molecule has 1 atom stereocenters. The Bertz CT molecular complexity index is 725. The van der Waals surface area contributed by atoms with Crippen molar-refractivity contribution >= 4 is 5.91 Å². The minimum atomic E-state index is -0.294. The van der Waals surface area contributed by atoms with Crippen LogP contribution < -0.4 is 5.32 Å². The average Bonchev–Trinajstić information content (AvgIpc) is 2.57. The summed E-state index contributed by atoms with van der Waals surface area (Å²) >= 11 is 0. The maximum absolute atomic E-state index is 13.4. The van der Waals surface area contributed by atoms with Gasteiger partial charge in [0.1, 0.15) is 5.82 Å². The van der Waals surface area contributed by atoms with E-state index in [-0.39, 0.29) is 23.9 Å². The molecule has 0 radical (unpaired) electrons. The highest BCUT2D eigenvalue weighted by Gasteiger charge is 2.33. The van der Waals surface area contributed by atoms with Crippen LogP contribution in [0.1, 0.15) is 36.5 Å². The highest BCUT2D eigenvalue weighted by atomic mass is 19.1. The number of carbonyl (C=O) groups is 1. The van der Waals surface area contributed by atoms with Crippen LogP contribution in [0.15, 0.2) is 48.5 Å². The number of aliphatic hydroxyl groups excluding tert-OH is 1. The molecule has 2 aromatic rings. The van der Waals surface area contributed by atoms with E-state index in [1.807, 2.05) is 25.1 Å². The van der Waals surface area contributed by atoms with E-state index in [0.717, 1.165) is 30.4 Å². The lowest BCUT2D eigenvalue weighted by Crippen LogP contribution is -2.46. The number of rotatable bonds is 5. The molecule has 3 nitrogen and oxygen atoms in total. The van der Waals surface area contributed by atoms with Crippen molar-refractivity contribution in [3.05, 3.63) is 59.9 Å². The standard InChI is InChI=1S/C20H22FNO2/c1-2-19(16-11-18(23)12-16)22-20(24)15-7-3-5-13(9-15)14-6-4-8-17(21)10-14/h3-10,16,18-19,23H,2,11-12H2,1H3,(H,22,24)/t16?,18?,19-/m1/s1. The van der Waals surface area contributed by atoms with Gasteiger partial charge in [0.25, 0.3) is 5.91 Å². The van der Waals surface area contributed by atoms with Gasteiger partial charge in [-0.15, -0.1) is 0 Å². The van der Waals surface area contributed by atoms with Crippen molar-refractivity contribution in [1.82, 2.24) is 5.32 Å². The van der Waals surface area contributed by atoms with E-state index in [1.165, 1.54) is 12.1 Å². The Hall–Kier alpha value is -2.20. The highest BCUT2D eigenvalue weighted by Crippen LogP contribution is 2.31. The third-order valence-electron chi connectivity index (χ3n) is 4.76. The van der Waals surface area contributed by atoms with Gasteiger partial charge in [-0.1, -0.05) is 31.2 Å². The molecular formula is C20H22FNO2. The maximum atomic E-state index is 13.4. The zero-order valence-electron chi connectivity index (χ0n) is 13.7. The number of carbonyl (C=O) groups excluding carboxylic acids is 1. The van der Waals surface area contributed by atoms with Gasteiger partial charge in [-0.05, 0) is 60.6 Å². The molecule has 0 saturated heterocycles. The number of amides is 1. The zero-order valence-corrected chi connectivity index (χ0v) is 13.7. The second-order valence-corrected chi connectivity index (χ2v) is 6.46. The molecule has 126 valence electrons. The van der Waals surface area contributed by atoms with Crippen molar-refractivity contribution in [3.63, 3.8) is 0 Å². The second-order valence-electron chi connectivity index (χ2n) is 6.46. The summed E-state index contributed by atoms with van der Waals surface area (Å²) < 4.78 is 13.4. The maximum Gasteiger partial charge on any atom is 0.251 e. The molecule has 0 spiro atoms. The van der Waals surface area contributed by atoms with E-state index in [4.69, 9.17) is 0 Å². The lowest BCUT2D eigenvalue weighted by atomic mass is 9.76. The largest absolute Gasteiger partial charge is 0.393 e. The van der Waals surface area contributed by atoms with Crippen LogP contribution in [0, 0.1) is 11.7 Å². The average molecular weight is 327 g/mol. The first kappa shape index (κ1) is 16.7. The van der Waals surface area contributed by atoms with Gasteiger partial charge in [-0.2, -0.15) is 0 Å². The van der Waals surface area contributed by atoms with Gasteiger partial charge in [0, 0.05) is 11.6 Å². The van der Waals surface area contributed by atoms with Crippen molar-refractivity contribution in [2.45, 2.75) is 38.3 Å². The van der Waals surface area contributed by atoms with Crippen LogP contribution in [0.2, 0.25) is 0 Å². The van der Waals surface area contributed by atoms with Crippen LogP contribution in [-0.2, 0) is 0 Å². The monoisotopic (exact) mass is 327 g/mol. The Morgan fingerprint density at radius 2 is 1.88 bits per heavy atom. The summed E-state index contributed by atoms with van der Waals surface area (Å²) in [6.07, 6.45) is 2.12. The summed E-state index contributed by atoms with van der Waals surface area (Å²) in [4.78, 5) is 12.5. The fraction of sp³-hybridized carbons (Fsp3) is 0.350. The van der Waals surface area contributed by atoms with E-state index < -0.39 is 0 Å². The predicted molar refractivity (Wildman–Crippen MR) is 92.1 cm³/mol. The predicted octanol–water partition coefficient (Wildman–Crippen LogP) is 3.77. The number of aliphatic hydroxyl groups is 1.